The average Bonchev–Trinajstić information content (AvgIpc) is 1.97. The van der Waals surface area contributed by atoms with Gasteiger partial charge in [0.05, 0.1) is 13.2 Å². The molecule has 0 atom stereocenters. The normalized spacial score (nSPS) is 10.1. The minimum Gasteiger partial charge on any atom is -0.344 e. The van der Waals surface area contributed by atoms with Crippen LogP contribution in [0.1, 0.15) is 0 Å². The summed E-state index contributed by atoms with van der Waals surface area (Å²) in [4.78, 5) is 9.16. The summed E-state index contributed by atoms with van der Waals surface area (Å²) in [6, 6.07) is 0. The maximum atomic E-state index is 9.16. The number of rotatable bonds is 6. The number of hydrogen-bond donors (Lipinski definition) is 2. The van der Waals surface area contributed by atoms with E-state index in [1.165, 1.54) is 12.2 Å². The highest BCUT2D eigenvalue weighted by Gasteiger charge is 2.11. The lowest BCUT2D eigenvalue weighted by atomic mass is 10.7. The van der Waals surface area contributed by atoms with Crippen molar-refractivity contribution < 1.29 is 13.9 Å². The van der Waals surface area contributed by atoms with Gasteiger partial charge in [0.2, 0.25) is 0 Å². The van der Waals surface area contributed by atoms with Gasteiger partial charge in [0.1, 0.15) is 0 Å². The Morgan fingerprint density at radius 1 is 1.25 bits per heavy atom. The fourth-order valence-corrected chi connectivity index (χ4v) is 1.36. The SMILES string of the molecule is C=CCOP(O)(=S)OCC=C.N. The molecular weight excluding hydrogens is 197 g/mol. The molecule has 0 aliphatic rings. The molecule has 12 heavy (non-hydrogen) atoms. The van der Waals surface area contributed by atoms with E-state index in [9.17, 15) is 0 Å². The number of hydrogen-bond acceptors (Lipinski definition) is 4. The van der Waals surface area contributed by atoms with Gasteiger partial charge in [-0.3, -0.25) is 0 Å². The van der Waals surface area contributed by atoms with Crippen molar-refractivity contribution in [3.8, 4) is 0 Å². The van der Waals surface area contributed by atoms with Crippen molar-refractivity contribution >= 4 is 18.5 Å². The molecule has 0 amide bonds. The van der Waals surface area contributed by atoms with Crippen molar-refractivity contribution in [1.82, 2.24) is 6.15 Å². The van der Waals surface area contributed by atoms with Gasteiger partial charge >= 0.3 is 6.72 Å². The third-order valence-electron chi connectivity index (χ3n) is 0.711. The van der Waals surface area contributed by atoms with Crippen LogP contribution in [-0.4, -0.2) is 18.1 Å². The van der Waals surface area contributed by atoms with E-state index >= 15 is 0 Å². The maximum absolute atomic E-state index is 9.16. The fourth-order valence-electron chi connectivity index (χ4n) is 0.331. The smallest absolute Gasteiger partial charge is 0.325 e. The molecule has 0 unspecified atom stereocenters. The zero-order valence-corrected chi connectivity index (χ0v) is 8.52. The third-order valence-corrected chi connectivity index (χ3v) is 2.29. The fraction of sp³-hybridized carbons (Fsp3) is 0.333. The van der Waals surface area contributed by atoms with Crippen molar-refractivity contribution in [2.45, 2.75) is 0 Å². The molecule has 0 aromatic heterocycles. The van der Waals surface area contributed by atoms with E-state index in [1.807, 2.05) is 0 Å². The average molecular weight is 211 g/mol. The van der Waals surface area contributed by atoms with Crippen LogP contribution in [0.2, 0.25) is 0 Å². The highest BCUT2D eigenvalue weighted by molar-refractivity contribution is 8.07. The molecule has 6 heteroatoms. The molecule has 4 nitrogen and oxygen atoms in total. The van der Waals surface area contributed by atoms with Gasteiger partial charge in [-0.1, -0.05) is 12.2 Å². The van der Waals surface area contributed by atoms with Gasteiger partial charge in [-0.2, -0.15) is 0 Å². The maximum Gasteiger partial charge on any atom is 0.325 e. The zero-order valence-electron chi connectivity index (χ0n) is 6.81. The van der Waals surface area contributed by atoms with E-state index in [1.54, 1.807) is 0 Å². The van der Waals surface area contributed by atoms with Gasteiger partial charge in [0.15, 0.2) is 0 Å². The molecule has 4 N–H and O–H groups in total. The van der Waals surface area contributed by atoms with Crippen LogP contribution in [0.25, 0.3) is 0 Å². The second kappa shape index (κ2) is 7.61. The predicted octanol–water partition coefficient (Wildman–Crippen LogP) is 1.77. The predicted molar refractivity (Wildman–Crippen MR) is 53.8 cm³/mol. The Kier molecular flexibility index (Phi) is 9.19. The van der Waals surface area contributed by atoms with E-state index in [2.05, 4.69) is 25.0 Å². The summed E-state index contributed by atoms with van der Waals surface area (Å²) in [7, 11) is 0. The molecule has 0 spiro atoms. The minimum atomic E-state index is -3.03. The van der Waals surface area contributed by atoms with Crippen LogP contribution in [0, 0.1) is 0 Å². The topological polar surface area (TPSA) is 73.7 Å². The molecule has 0 bridgehead atoms. The molecule has 0 rings (SSSR count). The molecule has 0 aromatic rings. The van der Waals surface area contributed by atoms with E-state index in [0.717, 1.165) is 0 Å². The molecule has 0 saturated heterocycles. The third kappa shape index (κ3) is 8.07. The van der Waals surface area contributed by atoms with Crippen LogP contribution in [0.15, 0.2) is 25.3 Å². The monoisotopic (exact) mass is 211 g/mol. The summed E-state index contributed by atoms with van der Waals surface area (Å²) in [5, 5.41) is 0. The Morgan fingerprint density at radius 3 is 1.83 bits per heavy atom. The first-order chi connectivity index (χ1) is 5.12. The molecule has 0 fully saturated rings. The van der Waals surface area contributed by atoms with Crippen molar-refractivity contribution in [2.75, 3.05) is 13.2 Å². The molecule has 0 saturated carbocycles. The van der Waals surface area contributed by atoms with Crippen molar-refractivity contribution in [3.05, 3.63) is 25.3 Å². The van der Waals surface area contributed by atoms with E-state index in [4.69, 9.17) is 13.9 Å². The van der Waals surface area contributed by atoms with Crippen LogP contribution in [0.3, 0.4) is 0 Å². The Hall–Kier alpha value is -0.0300. The highest BCUT2D eigenvalue weighted by Crippen LogP contribution is 2.43. The Labute approximate surface area is 77.7 Å². The molecule has 0 aliphatic heterocycles. The van der Waals surface area contributed by atoms with Gasteiger partial charge in [-0.25, -0.2) is 0 Å². The summed E-state index contributed by atoms with van der Waals surface area (Å²) in [6.45, 7) is 4.17. The molecule has 0 aromatic carbocycles. The van der Waals surface area contributed by atoms with Crippen LogP contribution >= 0.6 is 6.72 Å². The van der Waals surface area contributed by atoms with Gasteiger partial charge in [0, 0.05) is 0 Å². The largest absolute Gasteiger partial charge is 0.344 e. The Bertz CT molecular complexity index is 170. The molecule has 0 radical (unpaired) electrons. The van der Waals surface area contributed by atoms with Gasteiger partial charge in [0.25, 0.3) is 0 Å². The van der Waals surface area contributed by atoms with Crippen LogP contribution in [0.4, 0.5) is 0 Å². The summed E-state index contributed by atoms with van der Waals surface area (Å²) in [5.41, 5.74) is 0. The van der Waals surface area contributed by atoms with Gasteiger partial charge in [-0.15, -0.1) is 13.2 Å². The van der Waals surface area contributed by atoms with Crippen molar-refractivity contribution in [1.29, 1.82) is 0 Å². The minimum absolute atomic E-state index is 0. The molecule has 72 valence electrons. The molecule has 0 heterocycles. The highest BCUT2D eigenvalue weighted by atomic mass is 32.5. The summed E-state index contributed by atoms with van der Waals surface area (Å²) < 4.78 is 9.55. The van der Waals surface area contributed by atoms with Crippen LogP contribution < -0.4 is 6.15 Å². The van der Waals surface area contributed by atoms with Crippen LogP contribution in [0.5, 0.6) is 0 Å². The van der Waals surface area contributed by atoms with E-state index < -0.39 is 6.72 Å². The first-order valence-corrected chi connectivity index (χ1v) is 5.55. The van der Waals surface area contributed by atoms with Crippen LogP contribution in [-0.2, 0) is 20.9 Å². The lowest BCUT2D eigenvalue weighted by molar-refractivity contribution is 0.229. The Balaban J connectivity index is 0. The molecular formula is C6H14NO3PS. The first kappa shape index (κ1) is 14.5. The summed E-state index contributed by atoms with van der Waals surface area (Å²) >= 11 is 4.60. The lowest BCUT2D eigenvalue weighted by Crippen LogP contribution is -1.94. The molecule has 0 aliphatic carbocycles. The van der Waals surface area contributed by atoms with Crippen molar-refractivity contribution in [2.24, 2.45) is 0 Å². The van der Waals surface area contributed by atoms with Gasteiger partial charge in [-0.05, 0) is 11.8 Å². The van der Waals surface area contributed by atoms with E-state index in [0.29, 0.717) is 0 Å². The van der Waals surface area contributed by atoms with E-state index in [-0.39, 0.29) is 19.4 Å². The first-order valence-electron chi connectivity index (χ1n) is 2.96. The standard InChI is InChI=1S/C6H11O3PS.H3N/c1-3-5-8-10(7,11)9-6-4-2;/h3-4H,1-2,5-6H2,(H,7,11);1H3. The summed E-state index contributed by atoms with van der Waals surface area (Å²) in [6.07, 6.45) is 2.99. The second-order valence-electron chi connectivity index (χ2n) is 1.64. The summed E-state index contributed by atoms with van der Waals surface area (Å²) in [5.74, 6) is 0. The zero-order chi connectivity index (χ0) is 8.74. The lowest BCUT2D eigenvalue weighted by Gasteiger charge is -2.12. The Morgan fingerprint density at radius 2 is 1.58 bits per heavy atom. The second-order valence-corrected chi connectivity index (χ2v) is 4.48. The quantitative estimate of drug-likeness (QED) is 0.517. The van der Waals surface area contributed by atoms with Gasteiger partial charge < -0.3 is 20.1 Å². The van der Waals surface area contributed by atoms with Crippen molar-refractivity contribution in [3.63, 3.8) is 0 Å².